The second-order valence-electron chi connectivity index (χ2n) is 12.0. The van der Waals surface area contributed by atoms with Gasteiger partial charge in [-0.1, -0.05) is 23.7 Å². The summed E-state index contributed by atoms with van der Waals surface area (Å²) < 4.78 is 152. The van der Waals surface area contributed by atoms with E-state index in [0.717, 1.165) is 31.3 Å². The minimum absolute atomic E-state index is 0.169. The number of nitrogens with zero attached hydrogens (tertiary/aromatic N) is 4. The van der Waals surface area contributed by atoms with Crippen LogP contribution in [0.15, 0.2) is 51.8 Å². The predicted molar refractivity (Wildman–Crippen MR) is 207 cm³/mol. The Morgan fingerprint density at radius 2 is 1.51 bits per heavy atom. The lowest BCUT2D eigenvalue weighted by Crippen LogP contribution is -2.35. The molecule has 0 bridgehead atoms. The molecule has 2 heterocycles. The van der Waals surface area contributed by atoms with E-state index in [1.54, 1.807) is 19.2 Å². The van der Waals surface area contributed by atoms with Crippen molar-refractivity contribution < 1.29 is 101 Å². The Morgan fingerprint density at radius 1 is 0.954 bits per heavy atom. The molecule has 0 radical (unpaired) electrons. The Kier molecular flexibility index (Phi) is 20.0. The van der Waals surface area contributed by atoms with Crippen LogP contribution >= 0.6 is 35.1 Å². The Hall–Kier alpha value is -5.72. The van der Waals surface area contributed by atoms with Crippen LogP contribution in [-0.4, -0.2) is 104 Å². The molecule has 0 unspecified atom stereocenters. The van der Waals surface area contributed by atoms with Gasteiger partial charge in [-0.15, -0.1) is 0 Å². The standard InChI is InChI=1S/C15H12BrClF4N2O2.C14H10F4N4O7S.C3H8NO5P/c1-6(2)25-14(24)7-4-8(10(18)5-9(7)17)12-11(16)13(15(19,20)21)23(3)22-12;15-11(16)28-8-5-9(29-12(17)18)20-13(19-8)21-14(25)22-30(26,27)7-4-2-1-3-6(7)10(23)24;5-3(6)1-4-2-10(7,8)9/h4-6H,1-3H3;1-5,11-12H,(H,23,24)(H2,19,20,21,22,25);4H,1-2H2,(H,5,6)(H2,7,8,9). The summed E-state index contributed by atoms with van der Waals surface area (Å²) in [5.41, 5.74) is -2.50. The highest BCUT2D eigenvalue weighted by Crippen LogP contribution is 2.41. The second kappa shape index (κ2) is 23.5. The van der Waals surface area contributed by atoms with Crippen molar-refractivity contribution in [2.75, 3.05) is 18.1 Å². The summed E-state index contributed by atoms with van der Waals surface area (Å²) in [5, 5.41) is 24.3. The first kappa shape index (κ1) is 55.4. The van der Waals surface area contributed by atoms with Crippen molar-refractivity contribution in [3.8, 4) is 23.0 Å². The van der Waals surface area contributed by atoms with E-state index in [9.17, 15) is 67.3 Å². The number of carbonyl (C=O) groups is 4. The molecule has 0 aliphatic heterocycles. The predicted octanol–water partition coefficient (Wildman–Crippen LogP) is 5.91. The lowest BCUT2D eigenvalue weighted by molar-refractivity contribution is -0.144. The number of rotatable bonds is 15. The summed E-state index contributed by atoms with van der Waals surface area (Å²) in [6.45, 7) is -4.03. The zero-order valence-corrected chi connectivity index (χ0v) is 36.5. The SMILES string of the molecule is CC(C)OC(=O)c1cc(-c2nn(C)c(C(F)(F)F)c2Br)c(F)cc1Cl.O=C(Nc1nc(OC(F)F)cc(OC(F)F)n1)NS(=O)(=O)c1ccccc1C(=O)O.O=C(O)CNCP(=O)(O)O. The van der Waals surface area contributed by atoms with E-state index in [1.807, 2.05) is 0 Å². The molecule has 0 saturated heterocycles. The van der Waals surface area contributed by atoms with Crippen molar-refractivity contribution in [1.29, 1.82) is 0 Å². The van der Waals surface area contributed by atoms with E-state index in [1.165, 1.54) is 16.9 Å². The molecule has 2 aromatic heterocycles. The first-order valence-electron chi connectivity index (χ1n) is 16.7. The number of aliphatic carboxylic acids is 1. The molecule has 0 fully saturated rings. The molecule has 0 aliphatic carbocycles. The lowest BCUT2D eigenvalue weighted by Gasteiger charge is -2.11. The Morgan fingerprint density at radius 3 is 1.97 bits per heavy atom. The van der Waals surface area contributed by atoms with E-state index in [4.69, 9.17) is 36.3 Å². The molecule has 4 rings (SSSR count). The van der Waals surface area contributed by atoms with Gasteiger partial charge in [0.05, 0.1) is 45.6 Å². The molecule has 0 spiro atoms. The molecule has 65 heavy (non-hydrogen) atoms. The van der Waals surface area contributed by atoms with Gasteiger partial charge in [0.2, 0.25) is 17.7 Å². The van der Waals surface area contributed by atoms with Gasteiger partial charge in [-0.05, 0) is 54.0 Å². The van der Waals surface area contributed by atoms with Crippen molar-refractivity contribution in [3.05, 3.63) is 74.6 Å². The number of esters is 1. The van der Waals surface area contributed by atoms with Gasteiger partial charge in [-0.2, -0.15) is 45.8 Å². The van der Waals surface area contributed by atoms with Crippen LogP contribution in [0.4, 0.5) is 45.9 Å². The zero-order valence-electron chi connectivity index (χ0n) is 32.5. The monoisotopic (exact) mass is 1070 g/mol. The largest absolute Gasteiger partial charge is 0.480 e. The van der Waals surface area contributed by atoms with Crippen LogP contribution in [0.5, 0.6) is 11.8 Å². The van der Waals surface area contributed by atoms with Crippen LogP contribution in [0.3, 0.4) is 0 Å². The summed E-state index contributed by atoms with van der Waals surface area (Å²) in [5.74, 6) is -7.33. The van der Waals surface area contributed by atoms with Crippen LogP contribution in [-0.2, 0) is 37.3 Å². The highest BCUT2D eigenvalue weighted by atomic mass is 79.9. The molecule has 0 saturated carbocycles. The molecule has 21 nitrogen and oxygen atoms in total. The fraction of sp³-hybridized carbons (Fsp3) is 0.281. The number of benzene rings is 2. The minimum atomic E-state index is -4.71. The fourth-order valence-electron chi connectivity index (χ4n) is 4.40. The maximum Gasteiger partial charge on any atom is 0.434 e. The van der Waals surface area contributed by atoms with Crippen molar-refractivity contribution in [2.24, 2.45) is 7.05 Å². The van der Waals surface area contributed by atoms with Crippen molar-refractivity contribution in [3.63, 3.8) is 0 Å². The van der Waals surface area contributed by atoms with E-state index >= 15 is 0 Å². The summed E-state index contributed by atoms with van der Waals surface area (Å²) in [6, 6.07) is 5.08. The number of ether oxygens (including phenoxy) is 3. The average molecular weight is 1070 g/mol. The fourth-order valence-corrected chi connectivity index (χ4v) is 6.91. The van der Waals surface area contributed by atoms with Crippen LogP contribution in [0.25, 0.3) is 11.3 Å². The van der Waals surface area contributed by atoms with Gasteiger partial charge in [0.15, 0.2) is 5.69 Å². The molecule has 358 valence electrons. The maximum absolute atomic E-state index is 14.3. The highest BCUT2D eigenvalue weighted by molar-refractivity contribution is 9.10. The third kappa shape index (κ3) is 18.0. The van der Waals surface area contributed by atoms with E-state index in [-0.39, 0.29) is 21.8 Å². The van der Waals surface area contributed by atoms with Gasteiger partial charge in [0.25, 0.3) is 10.0 Å². The molecule has 0 aliphatic rings. The van der Waals surface area contributed by atoms with Gasteiger partial charge in [-0.25, -0.2) is 31.9 Å². The normalized spacial score (nSPS) is 11.5. The number of halogens is 10. The Balaban J connectivity index is 0.000000374. The molecule has 7 N–H and O–H groups in total. The number of aromatic nitrogens is 4. The quantitative estimate of drug-likeness (QED) is 0.0413. The topological polar surface area (TPSA) is 308 Å². The van der Waals surface area contributed by atoms with Gasteiger partial charge in [0, 0.05) is 12.6 Å². The lowest BCUT2D eigenvalue weighted by atomic mass is 10.1. The van der Waals surface area contributed by atoms with Gasteiger partial charge < -0.3 is 34.2 Å². The first-order chi connectivity index (χ1) is 29.8. The molecule has 4 aromatic rings. The molecule has 0 atom stereocenters. The second-order valence-corrected chi connectivity index (χ2v) is 16.5. The number of alkyl halides is 7. The summed E-state index contributed by atoms with van der Waals surface area (Å²) >= 11 is 8.67. The van der Waals surface area contributed by atoms with Crippen molar-refractivity contribution >= 4 is 75.0 Å². The van der Waals surface area contributed by atoms with E-state index < -0.39 is 124 Å². The summed E-state index contributed by atoms with van der Waals surface area (Å²) in [7, 11) is -7.73. The number of hydrogen-bond acceptors (Lipinski definition) is 14. The number of carboxylic acid groups (broad SMARTS) is 2. The molecule has 2 aromatic carbocycles. The third-order valence-electron chi connectivity index (χ3n) is 6.68. The van der Waals surface area contributed by atoms with E-state index in [2.05, 4.69) is 45.8 Å². The van der Waals surface area contributed by atoms with Gasteiger partial charge >= 0.3 is 50.9 Å². The highest BCUT2D eigenvalue weighted by Gasteiger charge is 2.39. The average Bonchev–Trinajstić information content (AvgIpc) is 3.43. The van der Waals surface area contributed by atoms with Gasteiger partial charge in [-0.3, -0.25) is 24.7 Å². The zero-order chi connectivity index (χ0) is 49.8. The number of hydrogen-bond donors (Lipinski definition) is 7. The first-order valence-corrected chi connectivity index (χ1v) is 21.2. The molecular weight excluding hydrogens is 1040 g/mol. The smallest absolute Gasteiger partial charge is 0.434 e. The molecule has 2 amide bonds. The van der Waals surface area contributed by atoms with Crippen LogP contribution in [0, 0.1) is 5.82 Å². The number of anilines is 1. The Labute approximate surface area is 372 Å². The van der Waals surface area contributed by atoms with Crippen LogP contribution in [0.2, 0.25) is 5.02 Å². The van der Waals surface area contributed by atoms with Crippen molar-refractivity contribution in [2.45, 2.75) is 44.2 Å². The molecular formula is C32H30BrClF8N7O14PS. The summed E-state index contributed by atoms with van der Waals surface area (Å²) in [4.78, 5) is 67.0. The van der Waals surface area contributed by atoms with Crippen LogP contribution < -0.4 is 24.8 Å². The number of sulfonamides is 1. The van der Waals surface area contributed by atoms with Crippen molar-refractivity contribution in [1.82, 2.24) is 29.8 Å². The third-order valence-corrected chi connectivity index (χ3v) is 9.77. The van der Waals surface area contributed by atoms with E-state index in [0.29, 0.717) is 10.7 Å². The summed E-state index contributed by atoms with van der Waals surface area (Å²) in [6.07, 6.45) is -5.74. The number of urea groups is 1. The number of carboxylic acids is 2. The Bertz CT molecular complexity index is 2510. The number of carbonyl (C=O) groups excluding carboxylic acids is 2. The number of nitrogens with one attached hydrogen (secondary N) is 3. The van der Waals surface area contributed by atoms with Gasteiger partial charge in [0.1, 0.15) is 16.4 Å². The number of amides is 2. The maximum atomic E-state index is 14.3. The minimum Gasteiger partial charge on any atom is -0.480 e. The number of aryl methyl sites for hydroxylation is 1. The number of aromatic carboxylic acids is 1. The molecule has 33 heteroatoms. The van der Waals surface area contributed by atoms with Crippen LogP contribution in [0.1, 0.15) is 40.3 Å².